The Hall–Kier alpha value is -1.26. The van der Waals surface area contributed by atoms with Gasteiger partial charge in [-0.3, -0.25) is 9.59 Å². The van der Waals surface area contributed by atoms with Crippen LogP contribution in [0.5, 0.6) is 0 Å². The molecular weight excluding hydrogens is 323 g/mol. The molecule has 1 atom stereocenters. The van der Waals surface area contributed by atoms with Crippen molar-refractivity contribution < 1.29 is 9.59 Å². The second kappa shape index (κ2) is 9.70. The third-order valence-corrected chi connectivity index (χ3v) is 4.11. The zero-order valence-corrected chi connectivity index (χ0v) is 14.4. The molecule has 22 heavy (non-hydrogen) atoms. The standard InChI is InChI=1S/C16H22Cl2N2O2/c1-11(13-7-6-8-14(17)16(13)18)20-15(22)9-4-3-5-10-19-12(2)21/h6-8,11H,3-5,9-10H2,1-2H3,(H,19,21)(H,20,22)/t11-/m1/s1. The molecule has 0 spiro atoms. The molecule has 122 valence electrons. The largest absolute Gasteiger partial charge is 0.356 e. The van der Waals surface area contributed by atoms with E-state index in [4.69, 9.17) is 23.2 Å². The van der Waals surface area contributed by atoms with Gasteiger partial charge in [-0.1, -0.05) is 41.8 Å². The molecule has 0 aliphatic rings. The second-order valence-electron chi connectivity index (χ2n) is 5.23. The highest BCUT2D eigenvalue weighted by Crippen LogP contribution is 2.29. The average Bonchev–Trinajstić information content (AvgIpc) is 2.45. The van der Waals surface area contributed by atoms with Gasteiger partial charge in [-0.15, -0.1) is 0 Å². The van der Waals surface area contributed by atoms with Crippen molar-refractivity contribution in [3.8, 4) is 0 Å². The van der Waals surface area contributed by atoms with Crippen LogP contribution >= 0.6 is 23.2 Å². The van der Waals surface area contributed by atoms with Crippen LogP contribution in [0, 0.1) is 0 Å². The lowest BCUT2D eigenvalue weighted by molar-refractivity contribution is -0.122. The van der Waals surface area contributed by atoms with E-state index in [-0.39, 0.29) is 17.9 Å². The van der Waals surface area contributed by atoms with E-state index in [9.17, 15) is 9.59 Å². The third-order valence-electron chi connectivity index (χ3n) is 3.28. The van der Waals surface area contributed by atoms with E-state index in [1.54, 1.807) is 6.07 Å². The smallest absolute Gasteiger partial charge is 0.220 e. The van der Waals surface area contributed by atoms with Crippen LogP contribution in [0.3, 0.4) is 0 Å². The van der Waals surface area contributed by atoms with Gasteiger partial charge in [0.15, 0.2) is 0 Å². The van der Waals surface area contributed by atoms with Crippen molar-refractivity contribution in [1.29, 1.82) is 0 Å². The molecule has 4 nitrogen and oxygen atoms in total. The Kier molecular flexibility index (Phi) is 8.28. The summed E-state index contributed by atoms with van der Waals surface area (Å²) in [4.78, 5) is 22.6. The summed E-state index contributed by atoms with van der Waals surface area (Å²) in [7, 11) is 0. The van der Waals surface area contributed by atoms with Gasteiger partial charge in [-0.25, -0.2) is 0 Å². The highest BCUT2D eigenvalue weighted by atomic mass is 35.5. The van der Waals surface area contributed by atoms with Crippen LogP contribution < -0.4 is 10.6 Å². The molecule has 0 aliphatic carbocycles. The maximum Gasteiger partial charge on any atom is 0.220 e. The molecule has 0 unspecified atom stereocenters. The van der Waals surface area contributed by atoms with E-state index in [1.165, 1.54) is 6.92 Å². The van der Waals surface area contributed by atoms with Crippen molar-refractivity contribution in [3.63, 3.8) is 0 Å². The van der Waals surface area contributed by atoms with E-state index in [1.807, 2.05) is 19.1 Å². The Morgan fingerprint density at radius 2 is 1.91 bits per heavy atom. The van der Waals surface area contributed by atoms with Crippen LogP contribution in [-0.2, 0) is 9.59 Å². The Morgan fingerprint density at radius 1 is 1.18 bits per heavy atom. The third kappa shape index (κ3) is 6.67. The summed E-state index contributed by atoms with van der Waals surface area (Å²) >= 11 is 12.1. The average molecular weight is 345 g/mol. The van der Waals surface area contributed by atoms with Gasteiger partial charge in [-0.2, -0.15) is 0 Å². The molecule has 0 saturated carbocycles. The normalized spacial score (nSPS) is 11.8. The fraction of sp³-hybridized carbons (Fsp3) is 0.500. The predicted octanol–water partition coefficient (Wildman–Crippen LogP) is 3.87. The Labute approximate surface area is 141 Å². The van der Waals surface area contributed by atoms with Gasteiger partial charge in [0.2, 0.25) is 11.8 Å². The highest BCUT2D eigenvalue weighted by molar-refractivity contribution is 6.42. The van der Waals surface area contributed by atoms with E-state index in [0.717, 1.165) is 24.8 Å². The molecule has 1 rings (SSSR count). The molecule has 0 bridgehead atoms. The zero-order chi connectivity index (χ0) is 16.5. The SMILES string of the molecule is CC(=O)NCCCCCC(=O)N[C@H](C)c1cccc(Cl)c1Cl. The van der Waals surface area contributed by atoms with Gasteiger partial charge in [0.25, 0.3) is 0 Å². The highest BCUT2D eigenvalue weighted by Gasteiger charge is 2.13. The molecule has 1 aromatic carbocycles. The Bertz CT molecular complexity index is 521. The number of nitrogens with one attached hydrogen (secondary N) is 2. The first-order valence-corrected chi connectivity index (χ1v) is 8.15. The number of rotatable bonds is 8. The first kappa shape index (κ1) is 18.8. The summed E-state index contributed by atoms with van der Waals surface area (Å²) in [6.07, 6.45) is 3.03. The number of hydrogen-bond acceptors (Lipinski definition) is 2. The minimum atomic E-state index is -0.182. The van der Waals surface area contributed by atoms with Crippen LogP contribution in [-0.4, -0.2) is 18.4 Å². The summed E-state index contributed by atoms with van der Waals surface area (Å²) < 4.78 is 0. The summed E-state index contributed by atoms with van der Waals surface area (Å²) in [5.41, 5.74) is 0.813. The van der Waals surface area contributed by atoms with Gasteiger partial charge in [0.05, 0.1) is 16.1 Å². The molecule has 0 saturated heterocycles. The minimum absolute atomic E-state index is 0.0110. The van der Waals surface area contributed by atoms with Crippen LogP contribution in [0.2, 0.25) is 10.0 Å². The number of hydrogen-bond donors (Lipinski definition) is 2. The maximum atomic E-state index is 11.9. The molecule has 0 heterocycles. The van der Waals surface area contributed by atoms with E-state index in [2.05, 4.69) is 10.6 Å². The summed E-state index contributed by atoms with van der Waals surface area (Å²) in [5, 5.41) is 6.62. The lowest BCUT2D eigenvalue weighted by Crippen LogP contribution is -2.26. The van der Waals surface area contributed by atoms with Gasteiger partial charge in [0, 0.05) is 19.9 Å². The van der Waals surface area contributed by atoms with Crippen molar-refractivity contribution in [1.82, 2.24) is 10.6 Å². The molecular formula is C16H22Cl2N2O2. The van der Waals surface area contributed by atoms with Crippen molar-refractivity contribution in [2.24, 2.45) is 0 Å². The van der Waals surface area contributed by atoms with E-state index in [0.29, 0.717) is 23.0 Å². The van der Waals surface area contributed by atoms with Crippen LogP contribution in [0.15, 0.2) is 18.2 Å². The van der Waals surface area contributed by atoms with Gasteiger partial charge >= 0.3 is 0 Å². The van der Waals surface area contributed by atoms with Gasteiger partial charge in [0.1, 0.15) is 0 Å². The molecule has 2 N–H and O–H groups in total. The molecule has 0 aromatic heterocycles. The Morgan fingerprint density at radius 3 is 2.59 bits per heavy atom. The van der Waals surface area contributed by atoms with Crippen molar-refractivity contribution in [2.45, 2.75) is 45.6 Å². The molecule has 0 aliphatic heterocycles. The van der Waals surface area contributed by atoms with Gasteiger partial charge in [-0.05, 0) is 31.4 Å². The molecule has 2 amide bonds. The fourth-order valence-electron chi connectivity index (χ4n) is 2.10. The van der Waals surface area contributed by atoms with Crippen molar-refractivity contribution >= 4 is 35.0 Å². The van der Waals surface area contributed by atoms with E-state index < -0.39 is 0 Å². The van der Waals surface area contributed by atoms with E-state index >= 15 is 0 Å². The lowest BCUT2D eigenvalue weighted by Gasteiger charge is -2.16. The Balaban J connectivity index is 2.30. The number of unbranched alkanes of at least 4 members (excludes halogenated alkanes) is 2. The van der Waals surface area contributed by atoms with Gasteiger partial charge < -0.3 is 10.6 Å². The van der Waals surface area contributed by atoms with Crippen LogP contribution in [0.1, 0.15) is 51.1 Å². The quantitative estimate of drug-likeness (QED) is 0.703. The molecule has 0 fully saturated rings. The molecule has 1 aromatic rings. The zero-order valence-electron chi connectivity index (χ0n) is 12.9. The topological polar surface area (TPSA) is 58.2 Å². The number of amides is 2. The van der Waals surface area contributed by atoms with Crippen molar-refractivity contribution in [2.75, 3.05) is 6.54 Å². The number of benzene rings is 1. The predicted molar refractivity (Wildman–Crippen MR) is 90.2 cm³/mol. The van der Waals surface area contributed by atoms with Crippen LogP contribution in [0.4, 0.5) is 0 Å². The second-order valence-corrected chi connectivity index (χ2v) is 6.01. The molecule has 0 radical (unpaired) electrons. The lowest BCUT2D eigenvalue weighted by atomic mass is 10.1. The van der Waals surface area contributed by atoms with Crippen LogP contribution in [0.25, 0.3) is 0 Å². The number of carbonyl (C=O) groups excluding carboxylic acids is 2. The first-order chi connectivity index (χ1) is 10.4. The molecule has 6 heteroatoms. The minimum Gasteiger partial charge on any atom is -0.356 e. The number of carbonyl (C=O) groups is 2. The summed E-state index contributed by atoms with van der Waals surface area (Å²) in [6, 6.07) is 5.20. The van der Waals surface area contributed by atoms with Crippen molar-refractivity contribution in [3.05, 3.63) is 33.8 Å². The number of halogens is 2. The summed E-state index contributed by atoms with van der Waals surface area (Å²) in [5.74, 6) is -0.0342. The summed E-state index contributed by atoms with van der Waals surface area (Å²) in [6.45, 7) is 4.04. The fourth-order valence-corrected chi connectivity index (χ4v) is 2.57. The first-order valence-electron chi connectivity index (χ1n) is 7.39. The monoisotopic (exact) mass is 344 g/mol. The maximum absolute atomic E-state index is 11.9.